The maximum Gasteiger partial charge on any atom is 0.341 e. The Labute approximate surface area is 79.2 Å². The van der Waals surface area contributed by atoms with Crippen molar-refractivity contribution in [3.63, 3.8) is 0 Å². The minimum absolute atomic E-state index is 0.144. The largest absolute Gasteiger partial charge is 0.341 e. The summed E-state index contributed by atoms with van der Waals surface area (Å²) in [5.41, 5.74) is 0. The second-order valence-corrected chi connectivity index (χ2v) is 3.46. The van der Waals surface area contributed by atoms with E-state index in [1.807, 2.05) is 0 Å². The molecule has 0 spiro atoms. The summed E-state index contributed by atoms with van der Waals surface area (Å²) in [5, 5.41) is 4.15. The highest BCUT2D eigenvalue weighted by Gasteiger charge is 2.17. The van der Waals surface area contributed by atoms with E-state index >= 15 is 0 Å². The molecule has 0 heterocycles. The predicted octanol–water partition coefficient (Wildman–Crippen LogP) is 1.52. The molecule has 1 aliphatic rings. The molecule has 0 unspecified atom stereocenters. The van der Waals surface area contributed by atoms with E-state index in [2.05, 4.69) is 5.32 Å². The molecule has 4 heteroatoms. The summed E-state index contributed by atoms with van der Waals surface area (Å²) in [6.07, 6.45) is 5.95. The molecule has 2 amide bonds. The Morgan fingerprint density at radius 2 is 2.00 bits per heavy atom. The molecule has 0 saturated heterocycles. The smallest absolute Gasteiger partial charge is 0.333 e. The molecule has 0 aromatic rings. The van der Waals surface area contributed by atoms with E-state index in [4.69, 9.17) is 4.84 Å². The first-order valence-corrected chi connectivity index (χ1v) is 4.82. The van der Waals surface area contributed by atoms with Gasteiger partial charge < -0.3 is 5.32 Å². The van der Waals surface area contributed by atoms with Crippen LogP contribution in [0.25, 0.3) is 0 Å². The molecular weight excluding hydrogens is 168 g/mol. The molecule has 76 valence electrons. The Morgan fingerprint density at radius 3 is 2.54 bits per heavy atom. The number of hydrogen-bond donors (Lipinski definition) is 1. The van der Waals surface area contributed by atoms with E-state index in [-0.39, 0.29) is 6.03 Å². The van der Waals surface area contributed by atoms with Gasteiger partial charge in [0.1, 0.15) is 0 Å². The Balaban J connectivity index is 2.26. The number of carbonyl (C=O) groups is 1. The molecule has 0 aromatic heterocycles. The zero-order valence-corrected chi connectivity index (χ0v) is 8.38. The summed E-state index contributed by atoms with van der Waals surface area (Å²) in [5.74, 6) is 0. The van der Waals surface area contributed by atoms with Crippen LogP contribution in [0.1, 0.15) is 32.1 Å². The fourth-order valence-corrected chi connectivity index (χ4v) is 1.60. The lowest BCUT2D eigenvalue weighted by Gasteiger charge is -2.24. The van der Waals surface area contributed by atoms with E-state index in [9.17, 15) is 4.79 Å². The number of amides is 2. The highest BCUT2D eigenvalue weighted by Crippen LogP contribution is 2.17. The molecule has 1 fully saturated rings. The van der Waals surface area contributed by atoms with Crippen LogP contribution >= 0.6 is 0 Å². The number of nitrogens with one attached hydrogen (secondary N) is 1. The SMILES string of the molecule is CON(C)C(=O)NC1CCCCC1. The number of hydrogen-bond acceptors (Lipinski definition) is 2. The Kier molecular flexibility index (Phi) is 4.02. The molecule has 0 radical (unpaired) electrons. The van der Waals surface area contributed by atoms with Gasteiger partial charge in [0.15, 0.2) is 0 Å². The van der Waals surface area contributed by atoms with Crippen LogP contribution in [0.4, 0.5) is 4.79 Å². The third kappa shape index (κ3) is 3.22. The molecule has 1 saturated carbocycles. The fourth-order valence-electron chi connectivity index (χ4n) is 1.60. The maximum atomic E-state index is 11.3. The van der Waals surface area contributed by atoms with Gasteiger partial charge in [-0.15, -0.1) is 0 Å². The number of nitrogens with zero attached hydrogens (tertiary/aromatic N) is 1. The van der Waals surface area contributed by atoms with Crippen LogP contribution in [0, 0.1) is 0 Å². The van der Waals surface area contributed by atoms with Crippen molar-refractivity contribution in [2.24, 2.45) is 0 Å². The first-order chi connectivity index (χ1) is 6.24. The van der Waals surface area contributed by atoms with Crippen LogP contribution < -0.4 is 5.32 Å². The summed E-state index contributed by atoms with van der Waals surface area (Å²) >= 11 is 0. The van der Waals surface area contributed by atoms with E-state index in [0.717, 1.165) is 12.8 Å². The van der Waals surface area contributed by atoms with Crippen LogP contribution in [-0.2, 0) is 4.84 Å². The van der Waals surface area contributed by atoms with Crippen LogP contribution in [0.15, 0.2) is 0 Å². The summed E-state index contributed by atoms with van der Waals surface area (Å²) in [6.45, 7) is 0. The molecular formula is C9H18N2O2. The van der Waals surface area contributed by atoms with Crippen LogP contribution in [0.2, 0.25) is 0 Å². The van der Waals surface area contributed by atoms with Crippen LogP contribution in [0.3, 0.4) is 0 Å². The van der Waals surface area contributed by atoms with Crippen LogP contribution in [-0.4, -0.2) is 31.3 Å². The molecule has 0 aliphatic heterocycles. The second-order valence-electron chi connectivity index (χ2n) is 3.46. The van der Waals surface area contributed by atoms with Crippen molar-refractivity contribution in [2.75, 3.05) is 14.2 Å². The van der Waals surface area contributed by atoms with Crippen molar-refractivity contribution in [2.45, 2.75) is 38.1 Å². The first-order valence-electron chi connectivity index (χ1n) is 4.82. The quantitative estimate of drug-likeness (QED) is 0.664. The lowest BCUT2D eigenvalue weighted by molar-refractivity contribution is -0.0658. The minimum atomic E-state index is -0.144. The van der Waals surface area contributed by atoms with E-state index < -0.39 is 0 Å². The van der Waals surface area contributed by atoms with Crippen LogP contribution in [0.5, 0.6) is 0 Å². The van der Waals surface area contributed by atoms with E-state index in [1.54, 1.807) is 7.05 Å². The van der Waals surface area contributed by atoms with Gasteiger partial charge in [0.25, 0.3) is 0 Å². The normalized spacial score (nSPS) is 18.3. The van der Waals surface area contributed by atoms with Gasteiger partial charge in [-0.05, 0) is 12.8 Å². The Morgan fingerprint density at radius 1 is 1.38 bits per heavy atom. The molecule has 1 rings (SSSR count). The Hall–Kier alpha value is -0.770. The van der Waals surface area contributed by atoms with Gasteiger partial charge in [0.2, 0.25) is 0 Å². The average molecular weight is 186 g/mol. The zero-order chi connectivity index (χ0) is 9.68. The standard InChI is InChI=1S/C9H18N2O2/c1-11(13-2)9(12)10-8-6-4-3-5-7-8/h8H,3-7H2,1-2H3,(H,10,12). The highest BCUT2D eigenvalue weighted by molar-refractivity contribution is 5.73. The summed E-state index contributed by atoms with van der Waals surface area (Å²) < 4.78 is 0. The number of hydroxylamine groups is 2. The predicted molar refractivity (Wildman–Crippen MR) is 50.2 cm³/mol. The third-order valence-electron chi connectivity index (χ3n) is 2.49. The van der Waals surface area contributed by atoms with Gasteiger partial charge in [-0.2, -0.15) is 0 Å². The zero-order valence-electron chi connectivity index (χ0n) is 8.38. The van der Waals surface area contributed by atoms with Gasteiger partial charge in [-0.1, -0.05) is 19.3 Å². The van der Waals surface area contributed by atoms with Crippen molar-refractivity contribution in [3.8, 4) is 0 Å². The van der Waals surface area contributed by atoms with Crippen molar-refractivity contribution >= 4 is 6.03 Å². The summed E-state index contributed by atoms with van der Waals surface area (Å²) in [6, 6.07) is 0.202. The van der Waals surface area contributed by atoms with Gasteiger partial charge in [-0.3, -0.25) is 4.84 Å². The molecule has 0 atom stereocenters. The van der Waals surface area contributed by atoms with E-state index in [0.29, 0.717) is 6.04 Å². The lowest BCUT2D eigenvalue weighted by atomic mass is 9.96. The van der Waals surface area contributed by atoms with Crippen molar-refractivity contribution < 1.29 is 9.63 Å². The topological polar surface area (TPSA) is 41.6 Å². The Bertz CT molecular complexity index is 167. The van der Waals surface area contributed by atoms with Crippen molar-refractivity contribution in [3.05, 3.63) is 0 Å². The second kappa shape index (κ2) is 5.07. The molecule has 1 aliphatic carbocycles. The van der Waals surface area contributed by atoms with Gasteiger partial charge in [0.05, 0.1) is 7.11 Å². The third-order valence-corrected chi connectivity index (χ3v) is 2.49. The highest BCUT2D eigenvalue weighted by atomic mass is 16.7. The van der Waals surface area contributed by atoms with E-state index in [1.165, 1.54) is 31.4 Å². The first kappa shape index (κ1) is 10.3. The summed E-state index contributed by atoms with van der Waals surface area (Å²) in [4.78, 5) is 16.1. The van der Waals surface area contributed by atoms with Gasteiger partial charge in [-0.25, -0.2) is 9.86 Å². The van der Waals surface area contributed by atoms with Crippen molar-refractivity contribution in [1.29, 1.82) is 0 Å². The number of rotatable bonds is 2. The molecule has 0 bridgehead atoms. The molecule has 0 aromatic carbocycles. The maximum absolute atomic E-state index is 11.3. The lowest BCUT2D eigenvalue weighted by Crippen LogP contribution is -2.43. The van der Waals surface area contributed by atoms with Gasteiger partial charge in [0, 0.05) is 13.1 Å². The number of carbonyl (C=O) groups excluding carboxylic acids is 1. The monoisotopic (exact) mass is 186 g/mol. The fraction of sp³-hybridized carbons (Fsp3) is 0.889. The molecule has 4 nitrogen and oxygen atoms in total. The minimum Gasteiger partial charge on any atom is -0.333 e. The molecule has 1 N–H and O–H groups in total. The average Bonchev–Trinajstić information content (AvgIpc) is 2.18. The van der Waals surface area contributed by atoms with Crippen molar-refractivity contribution in [1.82, 2.24) is 10.4 Å². The van der Waals surface area contributed by atoms with Gasteiger partial charge >= 0.3 is 6.03 Å². The molecule has 13 heavy (non-hydrogen) atoms. The number of urea groups is 1. The summed E-state index contributed by atoms with van der Waals surface area (Å²) in [7, 11) is 3.10.